The number of amides is 1. The molecule has 29 heavy (non-hydrogen) atoms. The molecule has 8 nitrogen and oxygen atoms in total. The summed E-state index contributed by atoms with van der Waals surface area (Å²) in [7, 11) is 3.47. The molecule has 2 fully saturated rings. The van der Waals surface area contributed by atoms with Crippen molar-refractivity contribution in [2.45, 2.75) is 6.92 Å². The summed E-state index contributed by atoms with van der Waals surface area (Å²) < 4.78 is 7.09. The number of ether oxygens (including phenoxy) is 1. The second-order valence-corrected chi connectivity index (χ2v) is 8.03. The van der Waals surface area contributed by atoms with Gasteiger partial charge in [-0.15, -0.1) is 0 Å². The van der Waals surface area contributed by atoms with E-state index in [0.29, 0.717) is 23.3 Å². The van der Waals surface area contributed by atoms with Gasteiger partial charge in [-0.05, 0) is 25.1 Å². The number of anilines is 1. The number of fused-ring (bicyclic) bond motifs is 2. The van der Waals surface area contributed by atoms with Gasteiger partial charge >= 0.3 is 0 Å². The molecule has 1 aromatic carbocycles. The number of hydrogen-bond acceptors (Lipinski definition) is 6. The third-order valence-electron chi connectivity index (χ3n) is 6.16. The van der Waals surface area contributed by atoms with Gasteiger partial charge < -0.3 is 14.5 Å². The Morgan fingerprint density at radius 1 is 1.17 bits per heavy atom. The minimum atomic E-state index is 0.0793. The number of benzene rings is 1. The SMILES string of the molecule is COc1c2ccc(C(=O)N3CC4CN(c5ncncc5C)CC4C3)cc2nn1C. The molecule has 1 amide bonds. The standard InChI is InChI=1S/C21H24N6O2/c1-13-7-22-12-23-19(13)26-8-15-10-27(11-16(15)9-26)20(28)14-4-5-17-18(6-14)24-25(2)21(17)29-3/h4-7,12,15-16H,8-11H2,1-3H3. The van der Waals surface area contributed by atoms with Crippen molar-refractivity contribution in [2.75, 3.05) is 38.2 Å². The highest BCUT2D eigenvalue weighted by atomic mass is 16.5. The lowest BCUT2D eigenvalue weighted by Crippen LogP contribution is -2.33. The van der Waals surface area contributed by atoms with Gasteiger partial charge in [0.25, 0.3) is 5.91 Å². The molecule has 2 aromatic heterocycles. The molecule has 2 unspecified atom stereocenters. The Morgan fingerprint density at radius 2 is 1.93 bits per heavy atom. The molecule has 8 heteroatoms. The van der Waals surface area contributed by atoms with Crippen molar-refractivity contribution in [3.8, 4) is 5.88 Å². The highest BCUT2D eigenvalue weighted by Crippen LogP contribution is 2.35. The zero-order chi connectivity index (χ0) is 20.1. The number of likely N-dealkylation sites (tertiary alicyclic amines) is 1. The first-order valence-electron chi connectivity index (χ1n) is 9.86. The third-order valence-corrected chi connectivity index (χ3v) is 6.16. The summed E-state index contributed by atoms with van der Waals surface area (Å²) in [5, 5.41) is 5.38. The summed E-state index contributed by atoms with van der Waals surface area (Å²) in [6.45, 7) is 5.48. The first-order valence-corrected chi connectivity index (χ1v) is 9.86. The quantitative estimate of drug-likeness (QED) is 0.678. The highest BCUT2D eigenvalue weighted by Gasteiger charge is 2.42. The van der Waals surface area contributed by atoms with Crippen LogP contribution >= 0.6 is 0 Å². The maximum atomic E-state index is 13.1. The van der Waals surface area contributed by atoms with Crippen LogP contribution in [0.2, 0.25) is 0 Å². The fourth-order valence-electron chi connectivity index (χ4n) is 4.79. The maximum Gasteiger partial charge on any atom is 0.253 e. The molecule has 0 saturated carbocycles. The van der Waals surface area contributed by atoms with Crippen LogP contribution in [0.1, 0.15) is 15.9 Å². The van der Waals surface area contributed by atoms with E-state index < -0.39 is 0 Å². The van der Waals surface area contributed by atoms with E-state index in [1.54, 1.807) is 18.1 Å². The van der Waals surface area contributed by atoms with E-state index in [2.05, 4.69) is 20.0 Å². The molecule has 2 aliphatic rings. The maximum absolute atomic E-state index is 13.1. The number of aromatic nitrogens is 4. The molecule has 0 spiro atoms. The van der Waals surface area contributed by atoms with Crippen molar-refractivity contribution in [3.63, 3.8) is 0 Å². The van der Waals surface area contributed by atoms with E-state index in [0.717, 1.165) is 48.5 Å². The Hall–Kier alpha value is -3.16. The van der Waals surface area contributed by atoms with Crippen molar-refractivity contribution in [3.05, 3.63) is 41.9 Å². The van der Waals surface area contributed by atoms with E-state index in [9.17, 15) is 4.79 Å². The molecule has 150 valence electrons. The predicted molar refractivity (Wildman–Crippen MR) is 109 cm³/mol. The van der Waals surface area contributed by atoms with Crippen LogP contribution in [0.25, 0.3) is 10.9 Å². The fourth-order valence-corrected chi connectivity index (χ4v) is 4.79. The average Bonchev–Trinajstić information content (AvgIpc) is 3.37. The van der Waals surface area contributed by atoms with Crippen molar-refractivity contribution in [1.82, 2.24) is 24.6 Å². The van der Waals surface area contributed by atoms with Gasteiger partial charge in [0.2, 0.25) is 5.88 Å². The monoisotopic (exact) mass is 392 g/mol. The summed E-state index contributed by atoms with van der Waals surface area (Å²) in [5.74, 6) is 2.76. The Morgan fingerprint density at radius 3 is 2.62 bits per heavy atom. The second-order valence-electron chi connectivity index (χ2n) is 8.03. The molecule has 0 bridgehead atoms. The van der Waals surface area contributed by atoms with Crippen molar-refractivity contribution < 1.29 is 9.53 Å². The zero-order valence-electron chi connectivity index (χ0n) is 16.9. The second kappa shape index (κ2) is 6.72. The molecule has 2 aliphatic heterocycles. The number of aryl methyl sites for hydroxylation is 2. The number of carbonyl (C=O) groups excluding carboxylic acids is 1. The Bertz CT molecular complexity index is 1080. The largest absolute Gasteiger partial charge is 0.481 e. The highest BCUT2D eigenvalue weighted by molar-refractivity contribution is 5.99. The molecule has 4 heterocycles. The Balaban J connectivity index is 1.31. The number of rotatable bonds is 3. The summed E-state index contributed by atoms with van der Waals surface area (Å²) in [4.78, 5) is 26.0. The van der Waals surface area contributed by atoms with E-state index in [1.807, 2.05) is 43.3 Å². The summed E-state index contributed by atoms with van der Waals surface area (Å²) in [6.07, 6.45) is 3.46. The Kier molecular flexibility index (Phi) is 4.15. The smallest absolute Gasteiger partial charge is 0.253 e. The third kappa shape index (κ3) is 2.90. The van der Waals surface area contributed by atoms with Crippen LogP contribution in [-0.4, -0.2) is 63.8 Å². The van der Waals surface area contributed by atoms with Crippen LogP contribution in [-0.2, 0) is 7.05 Å². The first kappa shape index (κ1) is 17.9. The van der Waals surface area contributed by atoms with Crippen molar-refractivity contribution in [1.29, 1.82) is 0 Å². The molecule has 3 aromatic rings. The predicted octanol–water partition coefficient (Wildman–Crippen LogP) is 1.89. The van der Waals surface area contributed by atoms with E-state index in [-0.39, 0.29) is 5.91 Å². The lowest BCUT2D eigenvalue weighted by Gasteiger charge is -2.23. The minimum Gasteiger partial charge on any atom is -0.481 e. The molecule has 0 radical (unpaired) electrons. The zero-order valence-corrected chi connectivity index (χ0v) is 16.9. The summed E-state index contributed by atoms with van der Waals surface area (Å²) >= 11 is 0. The normalized spacial score (nSPS) is 21.1. The van der Waals surface area contributed by atoms with Gasteiger partial charge in [0, 0.05) is 62.4 Å². The van der Waals surface area contributed by atoms with Gasteiger partial charge in [0.15, 0.2) is 0 Å². The molecular formula is C21H24N6O2. The number of nitrogens with zero attached hydrogens (tertiary/aromatic N) is 6. The van der Waals surface area contributed by atoms with E-state index in [1.165, 1.54) is 0 Å². The summed E-state index contributed by atoms with van der Waals surface area (Å²) in [5.41, 5.74) is 2.56. The van der Waals surface area contributed by atoms with Crippen molar-refractivity contribution in [2.24, 2.45) is 18.9 Å². The van der Waals surface area contributed by atoms with Crippen LogP contribution in [0.4, 0.5) is 5.82 Å². The molecule has 0 N–H and O–H groups in total. The number of carbonyl (C=O) groups is 1. The first-order chi connectivity index (χ1) is 14.0. The van der Waals surface area contributed by atoms with Crippen molar-refractivity contribution >= 4 is 22.6 Å². The fraction of sp³-hybridized carbons (Fsp3) is 0.429. The van der Waals surface area contributed by atoms with Gasteiger partial charge in [-0.1, -0.05) is 0 Å². The number of methoxy groups -OCH3 is 1. The van der Waals surface area contributed by atoms with Crippen LogP contribution < -0.4 is 9.64 Å². The lowest BCUT2D eigenvalue weighted by molar-refractivity contribution is 0.0782. The van der Waals surface area contributed by atoms with Crippen LogP contribution in [0.3, 0.4) is 0 Å². The topological polar surface area (TPSA) is 76.4 Å². The minimum absolute atomic E-state index is 0.0793. The van der Waals surface area contributed by atoms with E-state index >= 15 is 0 Å². The average molecular weight is 392 g/mol. The molecule has 2 saturated heterocycles. The van der Waals surface area contributed by atoms with Crippen LogP contribution in [0.15, 0.2) is 30.7 Å². The van der Waals surface area contributed by atoms with Crippen LogP contribution in [0, 0.1) is 18.8 Å². The van der Waals surface area contributed by atoms with Gasteiger partial charge in [-0.2, -0.15) is 5.10 Å². The Labute approximate surface area is 169 Å². The summed E-state index contributed by atoms with van der Waals surface area (Å²) in [6, 6.07) is 5.66. The van der Waals surface area contributed by atoms with Gasteiger partial charge in [0.1, 0.15) is 12.1 Å². The molecular weight excluding hydrogens is 368 g/mol. The van der Waals surface area contributed by atoms with Gasteiger partial charge in [-0.3, -0.25) is 4.79 Å². The lowest BCUT2D eigenvalue weighted by atomic mass is 10.0. The molecule has 2 atom stereocenters. The van der Waals surface area contributed by atoms with Crippen LogP contribution in [0.5, 0.6) is 5.88 Å². The van der Waals surface area contributed by atoms with Gasteiger partial charge in [0.05, 0.1) is 18.0 Å². The van der Waals surface area contributed by atoms with Gasteiger partial charge in [-0.25, -0.2) is 14.6 Å². The number of hydrogen-bond donors (Lipinski definition) is 0. The van der Waals surface area contributed by atoms with E-state index in [4.69, 9.17) is 4.74 Å². The molecule has 5 rings (SSSR count). The molecule has 0 aliphatic carbocycles.